The number of aromatic nitrogens is 2. The van der Waals surface area contributed by atoms with Crippen molar-refractivity contribution in [3.8, 4) is 0 Å². The number of para-hydroxylation sites is 1. The van der Waals surface area contributed by atoms with Gasteiger partial charge in [-0.05, 0) is 24.3 Å². The number of piperazine rings is 1. The van der Waals surface area contributed by atoms with Crippen molar-refractivity contribution in [1.29, 1.82) is 0 Å². The Morgan fingerprint density at radius 3 is 2.52 bits per heavy atom. The molecule has 1 fully saturated rings. The number of ether oxygens (including phenoxy) is 1. The molecule has 0 atom stereocenters. The molecule has 3 heterocycles. The third-order valence-electron chi connectivity index (χ3n) is 4.89. The number of hydrogen-bond acceptors (Lipinski definition) is 6. The SMILES string of the molecule is COC(=O)Cc1cc(N2CCN(c3ccccn3)CC2)c2ccccc2n1. The predicted octanol–water partition coefficient (Wildman–Crippen LogP) is 2.67. The van der Waals surface area contributed by atoms with E-state index in [1.165, 1.54) is 7.11 Å². The van der Waals surface area contributed by atoms with E-state index >= 15 is 0 Å². The molecular weight excluding hydrogens is 340 g/mol. The van der Waals surface area contributed by atoms with Crippen LogP contribution in [0.3, 0.4) is 0 Å². The highest BCUT2D eigenvalue weighted by Crippen LogP contribution is 2.28. The number of fused-ring (bicyclic) bond motifs is 1. The Balaban J connectivity index is 1.60. The minimum atomic E-state index is -0.274. The summed E-state index contributed by atoms with van der Waals surface area (Å²) in [4.78, 5) is 25.5. The number of anilines is 2. The van der Waals surface area contributed by atoms with Crippen LogP contribution in [0, 0.1) is 0 Å². The van der Waals surface area contributed by atoms with Crippen molar-refractivity contribution in [2.24, 2.45) is 0 Å². The molecule has 0 spiro atoms. The normalized spacial score (nSPS) is 14.4. The van der Waals surface area contributed by atoms with Crippen molar-refractivity contribution in [3.63, 3.8) is 0 Å². The molecule has 4 rings (SSSR count). The van der Waals surface area contributed by atoms with Crippen molar-refractivity contribution in [2.75, 3.05) is 43.1 Å². The van der Waals surface area contributed by atoms with E-state index in [1.54, 1.807) is 0 Å². The number of nitrogens with zero attached hydrogens (tertiary/aromatic N) is 4. The van der Waals surface area contributed by atoms with Crippen LogP contribution in [0.5, 0.6) is 0 Å². The van der Waals surface area contributed by atoms with Crippen LogP contribution in [0.1, 0.15) is 5.69 Å². The fourth-order valence-electron chi connectivity index (χ4n) is 3.50. The minimum Gasteiger partial charge on any atom is -0.469 e. The second-order valence-corrected chi connectivity index (χ2v) is 6.56. The van der Waals surface area contributed by atoms with Gasteiger partial charge in [0.25, 0.3) is 0 Å². The summed E-state index contributed by atoms with van der Waals surface area (Å²) in [6, 6.07) is 16.1. The van der Waals surface area contributed by atoms with E-state index in [0.29, 0.717) is 0 Å². The molecular formula is C21H22N4O2. The Morgan fingerprint density at radius 1 is 1.04 bits per heavy atom. The maximum Gasteiger partial charge on any atom is 0.311 e. The average Bonchev–Trinajstić information content (AvgIpc) is 2.74. The van der Waals surface area contributed by atoms with Crippen molar-refractivity contribution >= 4 is 28.4 Å². The Kier molecular flexibility index (Phi) is 4.87. The first-order chi connectivity index (χ1) is 13.2. The van der Waals surface area contributed by atoms with E-state index in [1.807, 2.05) is 48.7 Å². The highest BCUT2D eigenvalue weighted by Gasteiger charge is 2.21. The molecule has 27 heavy (non-hydrogen) atoms. The zero-order chi connectivity index (χ0) is 18.6. The molecule has 0 saturated carbocycles. The Labute approximate surface area is 158 Å². The lowest BCUT2D eigenvalue weighted by Gasteiger charge is -2.37. The summed E-state index contributed by atoms with van der Waals surface area (Å²) in [6.45, 7) is 3.59. The summed E-state index contributed by atoms with van der Waals surface area (Å²) in [6.07, 6.45) is 2.01. The number of carbonyl (C=O) groups is 1. The van der Waals surface area contributed by atoms with E-state index in [2.05, 4.69) is 25.8 Å². The van der Waals surface area contributed by atoms with Gasteiger partial charge in [-0.15, -0.1) is 0 Å². The van der Waals surface area contributed by atoms with E-state index in [9.17, 15) is 4.79 Å². The fraction of sp³-hybridized carbons (Fsp3) is 0.286. The standard InChI is InChI=1S/C21H22N4O2/c1-27-21(26)15-16-14-19(17-6-2-3-7-18(17)23-16)24-10-12-25(13-11-24)20-8-4-5-9-22-20/h2-9,14H,10-13,15H2,1H3. The second kappa shape index (κ2) is 7.61. The van der Waals surface area contributed by atoms with Gasteiger partial charge in [-0.1, -0.05) is 24.3 Å². The second-order valence-electron chi connectivity index (χ2n) is 6.56. The van der Waals surface area contributed by atoms with Gasteiger partial charge in [-0.3, -0.25) is 9.78 Å². The zero-order valence-electron chi connectivity index (χ0n) is 15.3. The molecule has 0 radical (unpaired) electrons. The van der Waals surface area contributed by atoms with Crippen LogP contribution in [0.2, 0.25) is 0 Å². The summed E-state index contributed by atoms with van der Waals surface area (Å²) < 4.78 is 4.81. The van der Waals surface area contributed by atoms with E-state index in [-0.39, 0.29) is 12.4 Å². The molecule has 1 aliphatic heterocycles. The van der Waals surface area contributed by atoms with Crippen LogP contribution in [0.4, 0.5) is 11.5 Å². The van der Waals surface area contributed by atoms with Crippen LogP contribution >= 0.6 is 0 Å². The van der Waals surface area contributed by atoms with Crippen LogP contribution in [-0.4, -0.2) is 49.2 Å². The molecule has 138 valence electrons. The number of esters is 1. The molecule has 2 aromatic heterocycles. The number of hydrogen-bond donors (Lipinski definition) is 0. The summed E-state index contributed by atoms with van der Waals surface area (Å²) in [5.74, 6) is 0.742. The van der Waals surface area contributed by atoms with Gasteiger partial charge in [0, 0.05) is 43.4 Å². The molecule has 6 heteroatoms. The number of rotatable bonds is 4. The van der Waals surface area contributed by atoms with Gasteiger partial charge in [0.2, 0.25) is 0 Å². The van der Waals surface area contributed by atoms with Gasteiger partial charge in [-0.25, -0.2) is 4.98 Å². The fourth-order valence-corrected chi connectivity index (χ4v) is 3.50. The van der Waals surface area contributed by atoms with Gasteiger partial charge < -0.3 is 14.5 Å². The Bertz CT molecular complexity index is 937. The van der Waals surface area contributed by atoms with Crippen molar-refractivity contribution in [2.45, 2.75) is 6.42 Å². The first-order valence-corrected chi connectivity index (χ1v) is 9.11. The van der Waals surface area contributed by atoms with E-state index in [4.69, 9.17) is 4.74 Å². The zero-order valence-corrected chi connectivity index (χ0v) is 15.3. The molecule has 0 aliphatic carbocycles. The number of benzene rings is 1. The molecule has 1 aromatic carbocycles. The van der Waals surface area contributed by atoms with Gasteiger partial charge in [0.1, 0.15) is 5.82 Å². The summed E-state index contributed by atoms with van der Waals surface area (Å²) in [5, 5.41) is 1.11. The van der Waals surface area contributed by atoms with Crippen molar-refractivity contribution < 1.29 is 9.53 Å². The predicted molar refractivity (Wildman–Crippen MR) is 106 cm³/mol. The summed E-state index contributed by atoms with van der Waals surface area (Å²) in [5.41, 5.74) is 2.77. The largest absolute Gasteiger partial charge is 0.469 e. The van der Waals surface area contributed by atoms with E-state index in [0.717, 1.165) is 54.3 Å². The van der Waals surface area contributed by atoms with Crippen molar-refractivity contribution in [3.05, 3.63) is 60.4 Å². The van der Waals surface area contributed by atoms with Crippen molar-refractivity contribution in [1.82, 2.24) is 9.97 Å². The van der Waals surface area contributed by atoms with Crippen LogP contribution in [0.15, 0.2) is 54.7 Å². The van der Waals surface area contributed by atoms with E-state index < -0.39 is 0 Å². The molecule has 0 amide bonds. The molecule has 1 saturated heterocycles. The monoisotopic (exact) mass is 362 g/mol. The lowest BCUT2D eigenvalue weighted by Crippen LogP contribution is -2.47. The third-order valence-corrected chi connectivity index (χ3v) is 4.89. The average molecular weight is 362 g/mol. The topological polar surface area (TPSA) is 58.6 Å². The molecule has 3 aromatic rings. The van der Waals surface area contributed by atoms with Gasteiger partial charge in [0.05, 0.1) is 24.7 Å². The van der Waals surface area contributed by atoms with Crippen LogP contribution < -0.4 is 9.80 Å². The van der Waals surface area contributed by atoms with Crippen LogP contribution in [0.25, 0.3) is 10.9 Å². The summed E-state index contributed by atoms with van der Waals surface area (Å²) >= 11 is 0. The summed E-state index contributed by atoms with van der Waals surface area (Å²) in [7, 11) is 1.40. The van der Waals surface area contributed by atoms with Gasteiger partial charge >= 0.3 is 5.97 Å². The highest BCUT2D eigenvalue weighted by molar-refractivity contribution is 5.92. The number of carbonyl (C=O) groups excluding carboxylic acids is 1. The quantitative estimate of drug-likeness (QED) is 0.665. The molecule has 6 nitrogen and oxygen atoms in total. The molecule has 0 N–H and O–H groups in total. The maximum atomic E-state index is 11.7. The number of methoxy groups -OCH3 is 1. The number of pyridine rings is 2. The first-order valence-electron chi connectivity index (χ1n) is 9.11. The third kappa shape index (κ3) is 3.69. The first kappa shape index (κ1) is 17.3. The smallest absolute Gasteiger partial charge is 0.311 e. The Hall–Kier alpha value is -3.15. The van der Waals surface area contributed by atoms with Crippen LogP contribution in [-0.2, 0) is 16.0 Å². The van der Waals surface area contributed by atoms with Gasteiger partial charge in [-0.2, -0.15) is 0 Å². The Morgan fingerprint density at radius 2 is 1.78 bits per heavy atom. The van der Waals surface area contributed by atoms with Gasteiger partial charge in [0.15, 0.2) is 0 Å². The lowest BCUT2D eigenvalue weighted by atomic mass is 10.1. The molecule has 1 aliphatic rings. The molecule has 0 unspecified atom stereocenters. The molecule has 0 bridgehead atoms. The minimum absolute atomic E-state index is 0.183. The lowest BCUT2D eigenvalue weighted by molar-refractivity contribution is -0.139. The highest BCUT2D eigenvalue weighted by atomic mass is 16.5. The maximum absolute atomic E-state index is 11.7.